The summed E-state index contributed by atoms with van der Waals surface area (Å²) in [7, 11) is 0. The number of nitrogens with two attached hydrogens (primary N) is 1. The molecule has 0 saturated carbocycles. The number of anilines is 2. The minimum absolute atomic E-state index is 0.703. The Balaban J connectivity index is 2.02. The van der Waals surface area contributed by atoms with E-state index in [1.165, 1.54) is 0 Å². The van der Waals surface area contributed by atoms with Crippen LogP contribution in [0.25, 0.3) is 0 Å². The zero-order chi connectivity index (χ0) is 11.5. The lowest BCUT2D eigenvalue weighted by Gasteiger charge is -2.05. The van der Waals surface area contributed by atoms with Gasteiger partial charge in [-0.1, -0.05) is 0 Å². The van der Waals surface area contributed by atoms with Crippen LogP contribution < -0.4 is 11.1 Å². The van der Waals surface area contributed by atoms with Crippen LogP contribution in [-0.2, 0) is 6.54 Å². The molecule has 2 aromatic rings. The second-order valence-electron chi connectivity index (χ2n) is 3.61. The van der Waals surface area contributed by atoms with Crippen molar-refractivity contribution >= 4 is 22.8 Å². The lowest BCUT2D eigenvalue weighted by Crippen LogP contribution is -2.03. The van der Waals surface area contributed by atoms with Gasteiger partial charge in [0.15, 0.2) is 0 Å². The summed E-state index contributed by atoms with van der Waals surface area (Å²) in [4.78, 5) is 8.70. The predicted octanol–water partition coefficient (Wildman–Crippen LogP) is 2.35. The van der Waals surface area contributed by atoms with Crippen LogP contribution in [0, 0.1) is 13.8 Å². The molecule has 2 heterocycles. The maximum atomic E-state index is 5.70. The van der Waals surface area contributed by atoms with Gasteiger partial charge in [0.1, 0.15) is 10.8 Å². The Kier molecular flexibility index (Phi) is 3.05. The van der Waals surface area contributed by atoms with Gasteiger partial charge in [-0.25, -0.2) is 9.97 Å². The van der Waals surface area contributed by atoms with Crippen molar-refractivity contribution < 1.29 is 0 Å². The van der Waals surface area contributed by atoms with Crippen LogP contribution in [0.3, 0.4) is 0 Å². The molecular formula is C11H14N4S. The maximum absolute atomic E-state index is 5.70. The van der Waals surface area contributed by atoms with Gasteiger partial charge in [-0.2, -0.15) is 0 Å². The summed E-state index contributed by atoms with van der Waals surface area (Å²) in [6, 6.07) is 3.74. The maximum Gasteiger partial charge on any atom is 0.126 e. The Hall–Kier alpha value is -1.62. The van der Waals surface area contributed by atoms with Crippen LogP contribution in [-0.4, -0.2) is 9.97 Å². The van der Waals surface area contributed by atoms with E-state index in [1.54, 1.807) is 11.3 Å². The number of nitrogens with zero attached hydrogens (tertiary/aromatic N) is 2. The third-order valence-corrected chi connectivity index (χ3v) is 3.18. The highest BCUT2D eigenvalue weighted by atomic mass is 32.1. The number of rotatable bonds is 3. The molecule has 3 N–H and O–H groups in total. The minimum Gasteiger partial charge on any atom is -0.397 e. The van der Waals surface area contributed by atoms with E-state index in [9.17, 15) is 0 Å². The van der Waals surface area contributed by atoms with Gasteiger partial charge in [-0.3, -0.25) is 0 Å². The van der Waals surface area contributed by atoms with Gasteiger partial charge in [0, 0.05) is 11.1 Å². The van der Waals surface area contributed by atoms with Crippen molar-refractivity contribution in [2.24, 2.45) is 0 Å². The van der Waals surface area contributed by atoms with Crippen molar-refractivity contribution in [3.8, 4) is 0 Å². The summed E-state index contributed by atoms with van der Waals surface area (Å²) in [6.07, 6.45) is 0. The zero-order valence-corrected chi connectivity index (χ0v) is 10.1. The summed E-state index contributed by atoms with van der Waals surface area (Å²) in [5, 5.41) is 6.33. The fourth-order valence-corrected chi connectivity index (χ4v) is 2.03. The molecule has 2 rings (SSSR count). The predicted molar refractivity (Wildman–Crippen MR) is 67.6 cm³/mol. The Morgan fingerprint density at radius 3 is 2.75 bits per heavy atom. The Morgan fingerprint density at radius 1 is 1.31 bits per heavy atom. The largest absolute Gasteiger partial charge is 0.397 e. The lowest BCUT2D eigenvalue weighted by molar-refractivity contribution is 1.05. The van der Waals surface area contributed by atoms with E-state index in [4.69, 9.17) is 5.73 Å². The minimum atomic E-state index is 0.703. The van der Waals surface area contributed by atoms with Crippen molar-refractivity contribution in [1.29, 1.82) is 0 Å². The van der Waals surface area contributed by atoms with Crippen molar-refractivity contribution in [2.75, 3.05) is 11.1 Å². The van der Waals surface area contributed by atoms with Crippen molar-refractivity contribution in [1.82, 2.24) is 9.97 Å². The molecule has 0 aliphatic rings. The van der Waals surface area contributed by atoms with Crippen LogP contribution in [0.4, 0.5) is 11.5 Å². The molecule has 0 aliphatic heterocycles. The van der Waals surface area contributed by atoms with Gasteiger partial charge in [-0.15, -0.1) is 11.3 Å². The number of aromatic nitrogens is 2. The fourth-order valence-electron chi connectivity index (χ4n) is 1.32. The van der Waals surface area contributed by atoms with E-state index in [0.717, 1.165) is 27.9 Å². The molecule has 0 aliphatic carbocycles. The molecule has 2 aromatic heterocycles. The van der Waals surface area contributed by atoms with Gasteiger partial charge in [0.25, 0.3) is 0 Å². The standard InChI is InChI=1S/C11H14N4S/c1-7-6-16-11(14-7)5-13-10-4-3-9(12)8(2)15-10/h3-4,6H,5,12H2,1-2H3,(H,13,15). The van der Waals surface area contributed by atoms with Crippen molar-refractivity contribution in [3.05, 3.63) is 33.9 Å². The number of nitrogen functional groups attached to an aromatic ring is 1. The molecule has 0 atom stereocenters. The highest BCUT2D eigenvalue weighted by Gasteiger charge is 2.01. The second-order valence-corrected chi connectivity index (χ2v) is 4.55. The molecule has 0 fully saturated rings. The highest BCUT2D eigenvalue weighted by molar-refractivity contribution is 7.09. The Morgan fingerprint density at radius 2 is 2.12 bits per heavy atom. The molecule has 0 spiro atoms. The van der Waals surface area contributed by atoms with Crippen molar-refractivity contribution in [2.45, 2.75) is 20.4 Å². The van der Waals surface area contributed by atoms with E-state index >= 15 is 0 Å². The van der Waals surface area contributed by atoms with Gasteiger partial charge in [0.2, 0.25) is 0 Å². The van der Waals surface area contributed by atoms with Gasteiger partial charge in [-0.05, 0) is 26.0 Å². The van der Waals surface area contributed by atoms with Crippen LogP contribution >= 0.6 is 11.3 Å². The van der Waals surface area contributed by atoms with Crippen LogP contribution in [0.1, 0.15) is 16.4 Å². The molecule has 0 aromatic carbocycles. The average Bonchev–Trinajstić information content (AvgIpc) is 2.66. The number of hydrogen-bond donors (Lipinski definition) is 2. The van der Waals surface area contributed by atoms with Crippen LogP contribution in [0.5, 0.6) is 0 Å². The van der Waals surface area contributed by atoms with E-state index in [0.29, 0.717) is 6.54 Å². The monoisotopic (exact) mass is 234 g/mol. The summed E-state index contributed by atoms with van der Waals surface area (Å²) in [5.41, 5.74) is 8.32. The first-order valence-corrected chi connectivity index (χ1v) is 5.91. The Bertz CT molecular complexity index is 492. The first-order chi connectivity index (χ1) is 7.65. The number of thiazole rings is 1. The number of aryl methyl sites for hydroxylation is 2. The van der Waals surface area contributed by atoms with E-state index in [2.05, 4.69) is 15.3 Å². The number of nitrogens with one attached hydrogen (secondary N) is 1. The Labute approximate surface area is 98.6 Å². The van der Waals surface area contributed by atoms with E-state index in [-0.39, 0.29) is 0 Å². The average molecular weight is 234 g/mol. The fraction of sp³-hybridized carbons (Fsp3) is 0.273. The van der Waals surface area contributed by atoms with Crippen LogP contribution in [0.15, 0.2) is 17.5 Å². The molecule has 84 valence electrons. The molecule has 0 saturated heterocycles. The molecule has 5 heteroatoms. The summed E-state index contributed by atoms with van der Waals surface area (Å²) in [6.45, 7) is 4.59. The summed E-state index contributed by atoms with van der Waals surface area (Å²) in [5.74, 6) is 0.833. The molecule has 0 unspecified atom stereocenters. The quantitative estimate of drug-likeness (QED) is 0.855. The molecule has 0 bridgehead atoms. The smallest absolute Gasteiger partial charge is 0.126 e. The molecule has 0 amide bonds. The second kappa shape index (κ2) is 4.49. The van der Waals surface area contributed by atoms with Gasteiger partial charge >= 0.3 is 0 Å². The highest BCUT2D eigenvalue weighted by Crippen LogP contribution is 2.14. The number of pyridine rings is 1. The topological polar surface area (TPSA) is 63.8 Å². The van der Waals surface area contributed by atoms with Gasteiger partial charge in [0.05, 0.1) is 17.9 Å². The number of hydrogen-bond acceptors (Lipinski definition) is 5. The summed E-state index contributed by atoms with van der Waals surface area (Å²) < 4.78 is 0. The third-order valence-electron chi connectivity index (χ3n) is 2.21. The first kappa shape index (κ1) is 10.9. The van der Waals surface area contributed by atoms with Crippen molar-refractivity contribution in [3.63, 3.8) is 0 Å². The zero-order valence-electron chi connectivity index (χ0n) is 9.32. The summed E-state index contributed by atoms with van der Waals surface area (Å²) >= 11 is 1.65. The molecule has 0 radical (unpaired) electrons. The normalized spacial score (nSPS) is 10.4. The molecule has 4 nitrogen and oxygen atoms in total. The van der Waals surface area contributed by atoms with E-state index in [1.807, 2.05) is 31.4 Å². The van der Waals surface area contributed by atoms with E-state index < -0.39 is 0 Å². The third kappa shape index (κ3) is 2.49. The SMILES string of the molecule is Cc1csc(CNc2ccc(N)c(C)n2)n1. The molecule has 16 heavy (non-hydrogen) atoms. The molecular weight excluding hydrogens is 220 g/mol. The lowest BCUT2D eigenvalue weighted by atomic mass is 10.3. The van der Waals surface area contributed by atoms with Gasteiger partial charge < -0.3 is 11.1 Å². The van der Waals surface area contributed by atoms with Crippen LogP contribution in [0.2, 0.25) is 0 Å². The first-order valence-electron chi connectivity index (χ1n) is 5.03.